The van der Waals surface area contributed by atoms with Crippen molar-refractivity contribution < 1.29 is 4.74 Å². The van der Waals surface area contributed by atoms with Crippen molar-refractivity contribution in [2.45, 2.75) is 33.2 Å². The summed E-state index contributed by atoms with van der Waals surface area (Å²) in [5, 5.41) is 3.42. The lowest BCUT2D eigenvalue weighted by Gasteiger charge is -2.14. The van der Waals surface area contributed by atoms with Gasteiger partial charge in [0.05, 0.1) is 6.61 Å². The third-order valence-electron chi connectivity index (χ3n) is 2.72. The van der Waals surface area contributed by atoms with Gasteiger partial charge in [-0.05, 0) is 30.9 Å². The molecule has 96 valence electrons. The van der Waals surface area contributed by atoms with Crippen LogP contribution in [-0.4, -0.2) is 24.7 Å². The molecule has 0 amide bonds. The number of pyridine rings is 1. The zero-order chi connectivity index (χ0) is 12.5. The van der Waals surface area contributed by atoms with E-state index < -0.39 is 0 Å². The molecule has 1 N–H and O–H groups in total. The number of nitrogens with zero attached hydrogens (tertiary/aromatic N) is 1. The Hall–Kier alpha value is -0.930. The van der Waals surface area contributed by atoms with Gasteiger partial charge in [0.25, 0.3) is 0 Å². The fourth-order valence-corrected chi connectivity index (χ4v) is 1.52. The summed E-state index contributed by atoms with van der Waals surface area (Å²) >= 11 is 0. The Morgan fingerprint density at radius 3 is 2.76 bits per heavy atom. The minimum atomic E-state index is 0.331. The van der Waals surface area contributed by atoms with Crippen LogP contribution in [0.1, 0.15) is 38.8 Å². The van der Waals surface area contributed by atoms with Gasteiger partial charge < -0.3 is 10.1 Å². The zero-order valence-electron chi connectivity index (χ0n) is 11.1. The number of hydrogen-bond acceptors (Lipinski definition) is 3. The van der Waals surface area contributed by atoms with Crippen LogP contribution in [-0.2, 0) is 4.74 Å². The van der Waals surface area contributed by atoms with Crippen LogP contribution < -0.4 is 5.32 Å². The van der Waals surface area contributed by atoms with Crippen molar-refractivity contribution in [1.82, 2.24) is 10.3 Å². The average molecular weight is 236 g/mol. The molecule has 1 aromatic heterocycles. The Bertz CT molecular complexity index is 288. The Balaban J connectivity index is 2.07. The summed E-state index contributed by atoms with van der Waals surface area (Å²) in [5.41, 5.74) is 1.22. The molecule has 0 saturated heterocycles. The Morgan fingerprint density at radius 2 is 2.12 bits per heavy atom. The normalized spacial score (nSPS) is 12.9. The number of hydrogen-bond donors (Lipinski definition) is 1. The van der Waals surface area contributed by atoms with Crippen molar-refractivity contribution in [2.75, 3.05) is 19.8 Å². The Morgan fingerprint density at radius 1 is 1.29 bits per heavy atom. The molecule has 17 heavy (non-hydrogen) atoms. The van der Waals surface area contributed by atoms with E-state index in [-0.39, 0.29) is 0 Å². The Labute approximate surface area is 105 Å². The molecule has 1 atom stereocenters. The van der Waals surface area contributed by atoms with Crippen LogP contribution in [0.25, 0.3) is 0 Å². The van der Waals surface area contributed by atoms with E-state index in [4.69, 9.17) is 4.74 Å². The highest BCUT2D eigenvalue weighted by Crippen LogP contribution is 2.08. The van der Waals surface area contributed by atoms with Crippen molar-refractivity contribution >= 4 is 0 Å². The number of rotatable bonds is 8. The molecule has 1 rings (SSSR count). The molecule has 1 heterocycles. The van der Waals surface area contributed by atoms with Gasteiger partial charge in [-0.1, -0.05) is 19.9 Å². The molecule has 1 aromatic rings. The summed E-state index contributed by atoms with van der Waals surface area (Å²) < 4.78 is 5.55. The van der Waals surface area contributed by atoms with Crippen LogP contribution >= 0.6 is 0 Å². The second-order valence-electron chi connectivity index (χ2n) is 4.76. The standard InChI is InChI=1S/C14H24N2O/c1-12(2)6-9-17-10-8-16-13(3)14-5-4-7-15-11-14/h4-5,7,11-13,16H,6,8-10H2,1-3H3/t13-/m0/s1. The van der Waals surface area contributed by atoms with Crippen LogP contribution in [0.2, 0.25) is 0 Å². The first-order chi connectivity index (χ1) is 8.20. The molecule has 0 aliphatic heterocycles. The van der Waals surface area contributed by atoms with Gasteiger partial charge in [0.2, 0.25) is 0 Å². The van der Waals surface area contributed by atoms with E-state index in [1.54, 1.807) is 6.20 Å². The van der Waals surface area contributed by atoms with Crippen molar-refractivity contribution in [3.8, 4) is 0 Å². The van der Waals surface area contributed by atoms with Crippen LogP contribution in [0.15, 0.2) is 24.5 Å². The van der Waals surface area contributed by atoms with Crippen molar-refractivity contribution in [1.29, 1.82) is 0 Å². The van der Waals surface area contributed by atoms with E-state index in [0.29, 0.717) is 6.04 Å². The van der Waals surface area contributed by atoms with E-state index in [1.165, 1.54) is 5.56 Å². The lowest BCUT2D eigenvalue weighted by Crippen LogP contribution is -2.23. The van der Waals surface area contributed by atoms with Crippen LogP contribution in [0, 0.1) is 5.92 Å². The highest BCUT2D eigenvalue weighted by atomic mass is 16.5. The summed E-state index contributed by atoms with van der Waals surface area (Å²) in [6, 6.07) is 4.38. The average Bonchev–Trinajstić information content (AvgIpc) is 2.34. The number of ether oxygens (including phenoxy) is 1. The van der Waals surface area contributed by atoms with Gasteiger partial charge in [-0.3, -0.25) is 4.98 Å². The smallest absolute Gasteiger partial charge is 0.0591 e. The maximum atomic E-state index is 5.55. The zero-order valence-corrected chi connectivity index (χ0v) is 11.1. The summed E-state index contributed by atoms with van der Waals surface area (Å²) in [6.45, 7) is 9.09. The summed E-state index contributed by atoms with van der Waals surface area (Å²) in [4.78, 5) is 4.11. The van der Waals surface area contributed by atoms with Gasteiger partial charge in [0.15, 0.2) is 0 Å². The minimum absolute atomic E-state index is 0.331. The Kier molecular flexibility index (Phi) is 6.82. The fourth-order valence-electron chi connectivity index (χ4n) is 1.52. The number of nitrogens with one attached hydrogen (secondary N) is 1. The van der Waals surface area contributed by atoms with Gasteiger partial charge in [0, 0.05) is 31.6 Å². The van der Waals surface area contributed by atoms with Crippen LogP contribution in [0.5, 0.6) is 0 Å². The van der Waals surface area contributed by atoms with Gasteiger partial charge in [-0.2, -0.15) is 0 Å². The second kappa shape index (κ2) is 8.20. The van der Waals surface area contributed by atoms with Gasteiger partial charge in [-0.25, -0.2) is 0 Å². The predicted molar refractivity (Wildman–Crippen MR) is 70.9 cm³/mol. The molecule has 0 bridgehead atoms. The van der Waals surface area contributed by atoms with Gasteiger partial charge >= 0.3 is 0 Å². The van der Waals surface area contributed by atoms with Gasteiger partial charge in [0.1, 0.15) is 0 Å². The molecule has 0 saturated carbocycles. The maximum Gasteiger partial charge on any atom is 0.0591 e. The van der Waals surface area contributed by atoms with E-state index >= 15 is 0 Å². The summed E-state index contributed by atoms with van der Waals surface area (Å²) in [5.74, 6) is 0.720. The molecule has 0 unspecified atom stereocenters. The SMILES string of the molecule is CC(C)CCOCCN[C@@H](C)c1cccnc1. The molecular weight excluding hydrogens is 212 g/mol. The number of aromatic nitrogens is 1. The molecule has 3 nitrogen and oxygen atoms in total. The van der Waals surface area contributed by atoms with Crippen molar-refractivity contribution in [3.05, 3.63) is 30.1 Å². The molecule has 0 aliphatic carbocycles. The van der Waals surface area contributed by atoms with E-state index in [1.807, 2.05) is 12.3 Å². The first kappa shape index (κ1) is 14.1. The van der Waals surface area contributed by atoms with Crippen molar-refractivity contribution in [2.24, 2.45) is 5.92 Å². The predicted octanol–water partition coefficient (Wildman–Crippen LogP) is 2.79. The molecule has 0 radical (unpaired) electrons. The topological polar surface area (TPSA) is 34.1 Å². The largest absolute Gasteiger partial charge is 0.380 e. The highest BCUT2D eigenvalue weighted by Gasteiger charge is 2.03. The minimum Gasteiger partial charge on any atom is -0.380 e. The lowest BCUT2D eigenvalue weighted by atomic mass is 10.1. The quantitative estimate of drug-likeness (QED) is 0.705. The first-order valence-electron chi connectivity index (χ1n) is 6.41. The highest BCUT2D eigenvalue weighted by molar-refractivity contribution is 5.12. The maximum absolute atomic E-state index is 5.55. The molecule has 0 aromatic carbocycles. The second-order valence-corrected chi connectivity index (χ2v) is 4.76. The molecule has 0 spiro atoms. The van der Waals surface area contributed by atoms with Crippen LogP contribution in [0.3, 0.4) is 0 Å². The molecule has 0 fully saturated rings. The molecule has 0 aliphatic rings. The monoisotopic (exact) mass is 236 g/mol. The van der Waals surface area contributed by atoms with Crippen molar-refractivity contribution in [3.63, 3.8) is 0 Å². The summed E-state index contributed by atoms with van der Waals surface area (Å²) in [6.07, 6.45) is 4.83. The summed E-state index contributed by atoms with van der Waals surface area (Å²) in [7, 11) is 0. The molecular formula is C14H24N2O. The van der Waals surface area contributed by atoms with E-state index in [2.05, 4.69) is 37.1 Å². The van der Waals surface area contributed by atoms with Crippen LogP contribution in [0.4, 0.5) is 0 Å². The molecule has 3 heteroatoms. The third-order valence-corrected chi connectivity index (χ3v) is 2.72. The van der Waals surface area contributed by atoms with Gasteiger partial charge in [-0.15, -0.1) is 0 Å². The lowest BCUT2D eigenvalue weighted by molar-refractivity contribution is 0.123. The third kappa shape index (κ3) is 6.39. The van der Waals surface area contributed by atoms with E-state index in [9.17, 15) is 0 Å². The first-order valence-corrected chi connectivity index (χ1v) is 6.41. The fraction of sp³-hybridized carbons (Fsp3) is 0.643. The van der Waals surface area contributed by atoms with E-state index in [0.717, 1.165) is 32.1 Å².